The number of aryl methyl sites for hydroxylation is 2. The molecule has 0 aliphatic heterocycles. The first-order valence-corrected chi connectivity index (χ1v) is 4.01. The Hall–Kier alpha value is -2.05. The van der Waals surface area contributed by atoms with E-state index in [0.29, 0.717) is 0 Å². The van der Waals surface area contributed by atoms with Crippen molar-refractivity contribution in [2.75, 3.05) is 11.1 Å². The predicted molar refractivity (Wildman–Crippen MR) is 49.9 cm³/mol. The van der Waals surface area contributed by atoms with E-state index in [4.69, 9.17) is 10.2 Å². The van der Waals surface area contributed by atoms with Gasteiger partial charge in [-0.2, -0.15) is 5.10 Å². The molecule has 0 unspecified atom stereocenters. The molecule has 0 amide bonds. The monoisotopic (exact) mass is 194 g/mol. The van der Waals surface area contributed by atoms with Gasteiger partial charge in [-0.1, -0.05) is 10.2 Å². The Morgan fingerprint density at radius 3 is 2.79 bits per heavy atom. The molecule has 0 atom stereocenters. The molecule has 0 saturated heterocycles. The Morgan fingerprint density at radius 2 is 2.29 bits per heavy atom. The number of nitrogen functional groups attached to an aromatic ring is 1. The second-order valence-electron chi connectivity index (χ2n) is 2.87. The fraction of sp³-hybridized carbons (Fsp3) is 0.286. The van der Waals surface area contributed by atoms with Gasteiger partial charge in [0.2, 0.25) is 0 Å². The summed E-state index contributed by atoms with van der Waals surface area (Å²) >= 11 is 0. The Kier molecular flexibility index (Phi) is 1.84. The molecule has 0 radical (unpaired) electrons. The van der Waals surface area contributed by atoms with E-state index in [1.165, 1.54) is 0 Å². The van der Waals surface area contributed by atoms with E-state index in [1.807, 2.05) is 20.2 Å². The second kappa shape index (κ2) is 3.02. The molecule has 2 heterocycles. The van der Waals surface area contributed by atoms with Crippen LogP contribution in [0.3, 0.4) is 0 Å². The minimum absolute atomic E-state index is 0.0362. The van der Waals surface area contributed by atoms with Crippen molar-refractivity contribution < 1.29 is 4.42 Å². The Bertz CT molecular complexity index is 445. The standard InChI is InChI=1S/C7H10N6O/c1-4-5(3-13(2)12-4)9-7-11-10-6(8)14-7/h3H,1-2H3,(H2,8,10)(H,9,11). The van der Waals surface area contributed by atoms with Gasteiger partial charge in [0.1, 0.15) is 0 Å². The molecule has 7 heteroatoms. The van der Waals surface area contributed by atoms with Crippen LogP contribution in [0.25, 0.3) is 0 Å². The van der Waals surface area contributed by atoms with Crippen molar-refractivity contribution in [3.05, 3.63) is 11.9 Å². The van der Waals surface area contributed by atoms with Gasteiger partial charge in [0, 0.05) is 13.2 Å². The summed E-state index contributed by atoms with van der Waals surface area (Å²) in [6.45, 7) is 1.88. The van der Waals surface area contributed by atoms with Crippen LogP contribution in [0.15, 0.2) is 10.6 Å². The lowest BCUT2D eigenvalue weighted by atomic mass is 10.4. The smallest absolute Gasteiger partial charge is 0.321 e. The summed E-state index contributed by atoms with van der Waals surface area (Å²) in [6.07, 6.45) is 1.82. The lowest BCUT2D eigenvalue weighted by Crippen LogP contribution is -1.90. The van der Waals surface area contributed by atoms with Gasteiger partial charge in [-0.05, 0) is 6.92 Å². The van der Waals surface area contributed by atoms with Gasteiger partial charge in [0.05, 0.1) is 11.4 Å². The maximum absolute atomic E-state index is 5.27. The Labute approximate surface area is 79.9 Å². The summed E-state index contributed by atoms with van der Waals surface area (Å²) in [4.78, 5) is 0. The van der Waals surface area contributed by atoms with E-state index < -0.39 is 0 Å². The minimum Gasteiger partial charge on any atom is -0.389 e. The molecule has 3 N–H and O–H groups in total. The number of nitrogens with zero attached hydrogens (tertiary/aromatic N) is 4. The number of nitrogens with one attached hydrogen (secondary N) is 1. The second-order valence-corrected chi connectivity index (χ2v) is 2.87. The van der Waals surface area contributed by atoms with Crippen LogP contribution in [0.4, 0.5) is 17.7 Å². The summed E-state index contributed by atoms with van der Waals surface area (Å²) < 4.78 is 6.65. The average molecular weight is 194 g/mol. The maximum Gasteiger partial charge on any atom is 0.321 e. The zero-order chi connectivity index (χ0) is 10.1. The van der Waals surface area contributed by atoms with Crippen molar-refractivity contribution in [1.82, 2.24) is 20.0 Å². The third-order valence-electron chi connectivity index (χ3n) is 1.70. The predicted octanol–water partition coefficient (Wildman–Crippen LogP) is 0.437. The SMILES string of the molecule is Cc1nn(C)cc1Nc1nnc(N)o1. The maximum atomic E-state index is 5.27. The van der Waals surface area contributed by atoms with Crippen LogP contribution in [-0.2, 0) is 7.05 Å². The summed E-state index contributed by atoms with van der Waals surface area (Å²) in [5.74, 6) is 0. The van der Waals surface area contributed by atoms with Crippen molar-refractivity contribution in [1.29, 1.82) is 0 Å². The highest BCUT2D eigenvalue weighted by Crippen LogP contribution is 2.18. The number of anilines is 3. The molecule has 74 valence electrons. The summed E-state index contributed by atoms with van der Waals surface area (Å²) in [5, 5.41) is 14.2. The third kappa shape index (κ3) is 1.51. The van der Waals surface area contributed by atoms with Gasteiger partial charge >= 0.3 is 12.0 Å². The molecule has 2 aromatic heterocycles. The quantitative estimate of drug-likeness (QED) is 0.720. The number of aromatic nitrogens is 4. The molecule has 0 saturated carbocycles. The Morgan fingerprint density at radius 1 is 1.50 bits per heavy atom. The van der Waals surface area contributed by atoms with Crippen LogP contribution in [0, 0.1) is 6.92 Å². The van der Waals surface area contributed by atoms with Gasteiger partial charge in [0.25, 0.3) is 0 Å². The molecule has 0 aliphatic carbocycles. The van der Waals surface area contributed by atoms with Crippen molar-refractivity contribution in [2.24, 2.45) is 7.05 Å². The molecule has 14 heavy (non-hydrogen) atoms. The fourth-order valence-electron chi connectivity index (χ4n) is 1.12. The molecule has 0 spiro atoms. The number of hydrogen-bond acceptors (Lipinski definition) is 6. The van der Waals surface area contributed by atoms with E-state index in [2.05, 4.69) is 20.6 Å². The van der Waals surface area contributed by atoms with Gasteiger partial charge in [-0.3, -0.25) is 4.68 Å². The van der Waals surface area contributed by atoms with Crippen LogP contribution in [-0.4, -0.2) is 20.0 Å². The zero-order valence-electron chi connectivity index (χ0n) is 7.85. The van der Waals surface area contributed by atoms with E-state index in [1.54, 1.807) is 4.68 Å². The highest BCUT2D eigenvalue weighted by molar-refractivity contribution is 5.53. The molecular formula is C7H10N6O. The first-order valence-electron chi connectivity index (χ1n) is 4.01. The van der Waals surface area contributed by atoms with Gasteiger partial charge in [-0.15, -0.1) is 0 Å². The van der Waals surface area contributed by atoms with E-state index in [9.17, 15) is 0 Å². The first-order chi connectivity index (χ1) is 6.65. The molecule has 7 nitrogen and oxygen atoms in total. The van der Waals surface area contributed by atoms with Gasteiger partial charge in [-0.25, -0.2) is 0 Å². The van der Waals surface area contributed by atoms with Crippen molar-refractivity contribution >= 4 is 17.7 Å². The van der Waals surface area contributed by atoms with Crippen molar-refractivity contribution in [3.8, 4) is 0 Å². The first kappa shape index (κ1) is 8.54. The van der Waals surface area contributed by atoms with Crippen LogP contribution in [0.5, 0.6) is 0 Å². The number of nitrogens with two attached hydrogens (primary N) is 1. The summed E-state index contributed by atoms with van der Waals surface area (Å²) in [7, 11) is 1.83. The highest BCUT2D eigenvalue weighted by atomic mass is 16.4. The number of rotatable bonds is 2. The molecule has 0 aliphatic rings. The fourth-order valence-corrected chi connectivity index (χ4v) is 1.12. The molecule has 0 aromatic carbocycles. The van der Waals surface area contributed by atoms with Crippen molar-refractivity contribution in [2.45, 2.75) is 6.92 Å². The van der Waals surface area contributed by atoms with Crippen LogP contribution >= 0.6 is 0 Å². The topological polar surface area (TPSA) is 94.8 Å². The lowest BCUT2D eigenvalue weighted by molar-refractivity contribution is 0.593. The third-order valence-corrected chi connectivity index (χ3v) is 1.70. The lowest BCUT2D eigenvalue weighted by Gasteiger charge is -1.95. The largest absolute Gasteiger partial charge is 0.389 e. The average Bonchev–Trinajstić information content (AvgIpc) is 2.61. The van der Waals surface area contributed by atoms with Crippen LogP contribution in [0.1, 0.15) is 5.69 Å². The molecule has 2 aromatic rings. The molecular weight excluding hydrogens is 184 g/mol. The van der Waals surface area contributed by atoms with Gasteiger partial charge < -0.3 is 15.5 Å². The van der Waals surface area contributed by atoms with Crippen molar-refractivity contribution in [3.63, 3.8) is 0 Å². The minimum atomic E-state index is 0.0362. The van der Waals surface area contributed by atoms with E-state index in [0.717, 1.165) is 11.4 Å². The van der Waals surface area contributed by atoms with Crippen LogP contribution < -0.4 is 11.1 Å². The highest BCUT2D eigenvalue weighted by Gasteiger charge is 2.07. The molecule has 0 bridgehead atoms. The Balaban J connectivity index is 2.22. The summed E-state index contributed by atoms with van der Waals surface area (Å²) in [5.41, 5.74) is 6.94. The molecule has 2 rings (SSSR count). The summed E-state index contributed by atoms with van der Waals surface area (Å²) in [6, 6.07) is 0.299. The van der Waals surface area contributed by atoms with E-state index >= 15 is 0 Å². The number of hydrogen-bond donors (Lipinski definition) is 2. The molecule has 0 fully saturated rings. The zero-order valence-corrected chi connectivity index (χ0v) is 7.85. The van der Waals surface area contributed by atoms with Gasteiger partial charge in [0.15, 0.2) is 0 Å². The van der Waals surface area contributed by atoms with Crippen LogP contribution in [0.2, 0.25) is 0 Å². The van der Waals surface area contributed by atoms with E-state index in [-0.39, 0.29) is 12.0 Å². The normalized spacial score (nSPS) is 10.4.